The number of likely N-dealkylation sites (N-methyl/N-ethyl adjacent to an activating group) is 1. The van der Waals surface area contributed by atoms with Gasteiger partial charge in [-0.05, 0) is 80.7 Å². The first-order valence-corrected chi connectivity index (χ1v) is 17.0. The van der Waals surface area contributed by atoms with Gasteiger partial charge in [0.25, 0.3) is 5.91 Å². The lowest BCUT2D eigenvalue weighted by atomic mass is 10.1. The number of fused-ring (bicyclic) bond motifs is 2. The zero-order valence-corrected chi connectivity index (χ0v) is 28.7. The summed E-state index contributed by atoms with van der Waals surface area (Å²) in [6, 6.07) is 17.3. The maximum atomic E-state index is 13.7. The van der Waals surface area contributed by atoms with Crippen molar-refractivity contribution in [3.63, 3.8) is 0 Å². The van der Waals surface area contributed by atoms with Crippen molar-refractivity contribution < 1.29 is 28.6 Å². The Hall–Kier alpha value is -5.17. The highest BCUT2D eigenvalue weighted by atomic mass is 16.5. The van der Waals surface area contributed by atoms with Crippen LogP contribution in [0.15, 0.2) is 66.4 Å². The van der Waals surface area contributed by atoms with E-state index in [0.717, 1.165) is 67.2 Å². The van der Waals surface area contributed by atoms with Crippen LogP contribution < -0.4 is 20.1 Å². The predicted molar refractivity (Wildman–Crippen MR) is 192 cm³/mol. The molecule has 2 N–H and O–H groups in total. The van der Waals surface area contributed by atoms with Crippen molar-refractivity contribution in [1.82, 2.24) is 19.3 Å². The Labute approximate surface area is 291 Å². The SMILES string of the molecule is COc1ccc2c(c1)c(/C=C1\Oc3ccc(NC(=O)Nc4ccc(C(=O)N5CCOCC5)cc4)cc3C1=O)c(C)n2CCN1CCN(C)CC1. The van der Waals surface area contributed by atoms with Crippen molar-refractivity contribution in [2.24, 2.45) is 0 Å². The van der Waals surface area contributed by atoms with Gasteiger partial charge in [0, 0.05) is 91.5 Å². The molecule has 12 heteroatoms. The standard InChI is InChI=1S/C38H42N6O6/c1-25-30(31-23-29(48-3)9-10-33(31)44(25)17-16-42-14-12-41(2)13-15-42)24-35-36(45)32-22-28(8-11-34(32)50-35)40-38(47)39-27-6-4-26(5-7-27)37(46)43-18-20-49-21-19-43/h4-11,22-24H,12-21H2,1-3H3,(H2,39,40,47)/b35-24-. The average Bonchev–Trinajstić information content (AvgIpc) is 3.59. The third-order valence-corrected chi connectivity index (χ3v) is 9.70. The number of morpholine rings is 1. The van der Waals surface area contributed by atoms with E-state index in [0.29, 0.717) is 54.6 Å². The fourth-order valence-electron chi connectivity index (χ4n) is 6.73. The summed E-state index contributed by atoms with van der Waals surface area (Å²) in [6.45, 7) is 10.2. The van der Waals surface area contributed by atoms with Crippen LogP contribution in [0.25, 0.3) is 17.0 Å². The second-order valence-electron chi connectivity index (χ2n) is 12.9. The second-order valence-corrected chi connectivity index (χ2v) is 12.9. The summed E-state index contributed by atoms with van der Waals surface area (Å²) in [5.41, 5.74) is 4.91. The van der Waals surface area contributed by atoms with Crippen LogP contribution in [0.5, 0.6) is 11.5 Å². The minimum absolute atomic E-state index is 0.0652. The van der Waals surface area contributed by atoms with Gasteiger partial charge in [0.15, 0.2) is 5.76 Å². The molecule has 3 aliphatic rings. The van der Waals surface area contributed by atoms with E-state index in [4.69, 9.17) is 14.2 Å². The van der Waals surface area contributed by atoms with E-state index in [9.17, 15) is 14.4 Å². The number of ketones is 1. The van der Waals surface area contributed by atoms with E-state index >= 15 is 0 Å². The number of anilines is 2. The van der Waals surface area contributed by atoms with E-state index in [1.54, 1.807) is 54.5 Å². The number of nitrogens with zero attached hydrogens (tertiary/aromatic N) is 4. The van der Waals surface area contributed by atoms with Gasteiger partial charge in [-0.25, -0.2) is 4.79 Å². The van der Waals surface area contributed by atoms with E-state index < -0.39 is 6.03 Å². The minimum atomic E-state index is -0.478. The summed E-state index contributed by atoms with van der Waals surface area (Å²) in [4.78, 5) is 45.9. The summed E-state index contributed by atoms with van der Waals surface area (Å²) in [5.74, 6) is 1.07. The number of amides is 3. The molecule has 2 fully saturated rings. The average molecular weight is 679 g/mol. The number of benzene rings is 3. The smallest absolute Gasteiger partial charge is 0.323 e. The van der Waals surface area contributed by atoms with Crippen molar-refractivity contribution in [1.29, 1.82) is 0 Å². The van der Waals surface area contributed by atoms with Gasteiger partial charge in [0.2, 0.25) is 5.78 Å². The molecule has 0 unspecified atom stereocenters. The lowest BCUT2D eigenvalue weighted by molar-refractivity contribution is 0.0303. The fourth-order valence-corrected chi connectivity index (χ4v) is 6.73. The molecular formula is C38H42N6O6. The molecule has 0 atom stereocenters. The number of Topliss-reactive ketones (excluding diaryl/α,β-unsaturated/α-hetero) is 1. The van der Waals surface area contributed by atoms with Crippen molar-refractivity contribution in [3.05, 3.63) is 88.8 Å². The highest BCUT2D eigenvalue weighted by molar-refractivity contribution is 6.16. The number of piperazine rings is 1. The number of rotatable bonds is 8. The molecule has 2 saturated heterocycles. The Bertz CT molecular complexity index is 1950. The van der Waals surface area contributed by atoms with Crippen molar-refractivity contribution in [2.45, 2.75) is 13.5 Å². The van der Waals surface area contributed by atoms with Gasteiger partial charge in [-0.15, -0.1) is 0 Å². The summed E-state index contributed by atoms with van der Waals surface area (Å²) in [6.07, 6.45) is 1.82. The van der Waals surface area contributed by atoms with Crippen molar-refractivity contribution >= 4 is 46.1 Å². The summed E-state index contributed by atoms with van der Waals surface area (Å²) in [7, 11) is 3.81. The van der Waals surface area contributed by atoms with E-state index in [2.05, 4.69) is 45.0 Å². The number of aromatic nitrogens is 1. The zero-order valence-electron chi connectivity index (χ0n) is 28.7. The highest BCUT2D eigenvalue weighted by Gasteiger charge is 2.29. The van der Waals surface area contributed by atoms with Gasteiger partial charge >= 0.3 is 6.03 Å². The van der Waals surface area contributed by atoms with Gasteiger partial charge in [-0.1, -0.05) is 0 Å². The van der Waals surface area contributed by atoms with Crippen LogP contribution in [-0.2, 0) is 11.3 Å². The molecule has 0 saturated carbocycles. The van der Waals surface area contributed by atoms with Gasteiger partial charge in [-0.3, -0.25) is 14.5 Å². The number of ether oxygens (including phenoxy) is 3. The molecule has 4 aromatic rings. The van der Waals surface area contributed by atoms with Crippen LogP contribution in [0.3, 0.4) is 0 Å². The van der Waals surface area contributed by atoms with E-state index in [1.807, 2.05) is 18.2 Å². The minimum Gasteiger partial charge on any atom is -0.497 e. The molecule has 50 heavy (non-hydrogen) atoms. The largest absolute Gasteiger partial charge is 0.497 e. The van der Waals surface area contributed by atoms with E-state index in [-0.39, 0.29) is 17.4 Å². The molecular weight excluding hydrogens is 636 g/mol. The number of hydrogen-bond acceptors (Lipinski definition) is 8. The summed E-state index contributed by atoms with van der Waals surface area (Å²) in [5, 5.41) is 6.56. The topological polar surface area (TPSA) is 118 Å². The maximum Gasteiger partial charge on any atom is 0.323 e. The van der Waals surface area contributed by atoms with Crippen LogP contribution in [0.1, 0.15) is 32.0 Å². The normalized spacial score (nSPS) is 17.5. The number of hydrogen-bond donors (Lipinski definition) is 2. The lowest BCUT2D eigenvalue weighted by Gasteiger charge is -2.32. The highest BCUT2D eigenvalue weighted by Crippen LogP contribution is 2.37. The number of carbonyl (C=O) groups is 3. The summed E-state index contributed by atoms with van der Waals surface area (Å²) >= 11 is 0. The van der Waals surface area contributed by atoms with Crippen molar-refractivity contribution in [3.8, 4) is 11.5 Å². The molecule has 3 amide bonds. The molecule has 0 spiro atoms. The second kappa shape index (κ2) is 14.4. The molecule has 3 aliphatic heterocycles. The van der Waals surface area contributed by atoms with Gasteiger partial charge in [0.05, 0.1) is 25.9 Å². The quantitative estimate of drug-likeness (QED) is 0.252. The Morgan fingerprint density at radius 1 is 0.880 bits per heavy atom. The lowest BCUT2D eigenvalue weighted by Crippen LogP contribution is -2.45. The third kappa shape index (κ3) is 6.95. The number of urea groups is 1. The third-order valence-electron chi connectivity index (χ3n) is 9.70. The first-order chi connectivity index (χ1) is 24.3. The Morgan fingerprint density at radius 2 is 1.60 bits per heavy atom. The Kier molecular flexibility index (Phi) is 9.57. The maximum absolute atomic E-state index is 13.7. The van der Waals surface area contributed by atoms with Crippen LogP contribution in [-0.4, -0.2) is 110 Å². The van der Waals surface area contributed by atoms with Crippen LogP contribution in [0.2, 0.25) is 0 Å². The fraction of sp³-hybridized carbons (Fsp3) is 0.342. The molecule has 0 bridgehead atoms. The number of methoxy groups -OCH3 is 1. The number of allylic oxidation sites excluding steroid dienone is 1. The molecule has 0 aliphatic carbocycles. The molecule has 0 radical (unpaired) electrons. The number of carbonyl (C=O) groups excluding carboxylic acids is 3. The molecule has 4 heterocycles. The molecule has 3 aromatic carbocycles. The van der Waals surface area contributed by atoms with Crippen LogP contribution >= 0.6 is 0 Å². The van der Waals surface area contributed by atoms with Crippen molar-refractivity contribution in [2.75, 3.05) is 83.8 Å². The first-order valence-electron chi connectivity index (χ1n) is 17.0. The molecule has 1 aromatic heterocycles. The predicted octanol–water partition coefficient (Wildman–Crippen LogP) is 4.94. The van der Waals surface area contributed by atoms with Crippen LogP contribution in [0.4, 0.5) is 16.2 Å². The van der Waals surface area contributed by atoms with Gasteiger partial charge in [0.1, 0.15) is 11.5 Å². The molecule has 260 valence electrons. The van der Waals surface area contributed by atoms with E-state index in [1.165, 1.54) is 0 Å². The zero-order chi connectivity index (χ0) is 34.8. The van der Waals surface area contributed by atoms with Gasteiger partial charge in [-0.2, -0.15) is 0 Å². The summed E-state index contributed by atoms with van der Waals surface area (Å²) < 4.78 is 19.3. The monoisotopic (exact) mass is 678 g/mol. The van der Waals surface area contributed by atoms with Gasteiger partial charge < -0.3 is 39.2 Å². The number of nitrogens with one attached hydrogen (secondary N) is 2. The first kappa shape index (κ1) is 33.3. The Morgan fingerprint density at radius 3 is 2.34 bits per heavy atom. The van der Waals surface area contributed by atoms with Crippen LogP contribution in [0, 0.1) is 6.92 Å². The molecule has 7 rings (SSSR count). The molecule has 12 nitrogen and oxygen atoms in total. The Balaban J connectivity index is 1.05.